The number of nitrogens with zero attached hydrogens (tertiary/aromatic N) is 5. The number of aromatic nitrogens is 4. The number of aliphatic hydroxyl groups is 1. The lowest BCUT2D eigenvalue weighted by Crippen LogP contribution is -2.26. The van der Waals surface area contributed by atoms with Crippen molar-refractivity contribution in [1.82, 2.24) is 24.9 Å². The van der Waals surface area contributed by atoms with Crippen LogP contribution in [0, 0.1) is 5.82 Å². The summed E-state index contributed by atoms with van der Waals surface area (Å²) in [5.41, 5.74) is 6.50. The highest BCUT2D eigenvalue weighted by Gasteiger charge is 2.52. The summed E-state index contributed by atoms with van der Waals surface area (Å²) in [4.78, 5) is 18.3. The average molecular weight is 472 g/mol. The van der Waals surface area contributed by atoms with Crippen molar-refractivity contribution in [3.63, 3.8) is 0 Å². The predicted octanol–water partition coefficient (Wildman–Crippen LogP) is 2.48. The van der Waals surface area contributed by atoms with Crippen LogP contribution in [-0.2, 0) is 5.41 Å². The largest absolute Gasteiger partial charge is 0.398 e. The number of nitrogens with two attached hydrogens (primary N) is 1. The van der Waals surface area contributed by atoms with E-state index in [0.717, 1.165) is 5.56 Å². The highest BCUT2D eigenvalue weighted by molar-refractivity contribution is 6.34. The molecule has 0 unspecified atom stereocenters. The molecule has 0 bridgehead atoms. The summed E-state index contributed by atoms with van der Waals surface area (Å²) in [5.74, 6) is -0.676. The summed E-state index contributed by atoms with van der Waals surface area (Å²) in [6, 6.07) is 2.73. The van der Waals surface area contributed by atoms with E-state index in [1.165, 1.54) is 37.3 Å². The number of amides is 1. The number of benzene rings is 1. The first-order chi connectivity index (χ1) is 15.7. The van der Waals surface area contributed by atoms with Crippen molar-refractivity contribution >= 4 is 29.0 Å². The van der Waals surface area contributed by atoms with Crippen molar-refractivity contribution < 1.29 is 14.3 Å². The van der Waals surface area contributed by atoms with Gasteiger partial charge in [0.1, 0.15) is 11.6 Å². The molecule has 3 heterocycles. The van der Waals surface area contributed by atoms with Crippen molar-refractivity contribution in [2.45, 2.75) is 30.4 Å². The zero-order valence-corrected chi connectivity index (χ0v) is 18.8. The first kappa shape index (κ1) is 21.6. The van der Waals surface area contributed by atoms with E-state index in [-0.39, 0.29) is 22.9 Å². The quantitative estimate of drug-likeness (QED) is 0.501. The Labute approximate surface area is 194 Å². The van der Waals surface area contributed by atoms with Gasteiger partial charge in [-0.05, 0) is 25.0 Å². The molecule has 11 heteroatoms. The van der Waals surface area contributed by atoms with Crippen molar-refractivity contribution in [2.24, 2.45) is 0 Å². The van der Waals surface area contributed by atoms with E-state index in [9.17, 15) is 9.90 Å². The standard InChI is InChI=1S/C22H23ClFN7O2/c1-30(2)21(33)16-13(25)4-3-11(19(16)24)12-9-26-20-17(18(12)23)22(10-27-20)7-14(15(32)8-22)31-6-5-28-29-31/h3-6,9,14-15,32H,7-8,10,25H2,1-2H3,(H,26,27)/t14-,15+,22-/m1/s1. The fraction of sp³-hybridized carbons (Fsp3) is 0.364. The smallest absolute Gasteiger partial charge is 0.258 e. The average Bonchev–Trinajstić information content (AvgIpc) is 3.49. The molecular formula is C22H23ClFN7O2. The number of carbonyl (C=O) groups is 1. The second kappa shape index (κ2) is 7.67. The Morgan fingerprint density at radius 2 is 2.15 bits per heavy atom. The highest BCUT2D eigenvalue weighted by atomic mass is 35.5. The molecular weight excluding hydrogens is 449 g/mol. The number of fused-ring (bicyclic) bond motifs is 2. The summed E-state index contributed by atoms with van der Waals surface area (Å²) in [6.07, 6.45) is 5.14. The normalized spacial score (nSPS) is 23.5. The number of pyridine rings is 1. The zero-order chi connectivity index (χ0) is 23.5. The molecule has 2 aromatic heterocycles. The summed E-state index contributed by atoms with van der Waals surface area (Å²) in [7, 11) is 3.06. The first-order valence-electron chi connectivity index (χ1n) is 10.5. The Kier molecular flexibility index (Phi) is 5.02. The zero-order valence-electron chi connectivity index (χ0n) is 18.1. The SMILES string of the molecule is CN(C)C(=O)c1c(N)ccc(-c2cnc3c(c2Cl)[C@]2(CN3)C[C@@H](n3ccnn3)[C@@H](O)C2)c1F. The number of rotatable bonds is 3. The number of hydrogen-bond donors (Lipinski definition) is 3. The topological polar surface area (TPSA) is 122 Å². The Bertz CT molecular complexity index is 1250. The molecule has 33 heavy (non-hydrogen) atoms. The molecule has 0 saturated heterocycles. The third-order valence-corrected chi connectivity index (χ3v) is 7.04. The lowest BCUT2D eigenvalue weighted by Gasteiger charge is -2.25. The molecule has 3 atom stereocenters. The van der Waals surface area contributed by atoms with Crippen molar-refractivity contribution in [1.29, 1.82) is 0 Å². The van der Waals surface area contributed by atoms with E-state index in [4.69, 9.17) is 17.3 Å². The molecule has 1 aliphatic carbocycles. The maximum absolute atomic E-state index is 15.6. The van der Waals surface area contributed by atoms with Crippen LogP contribution in [0.5, 0.6) is 0 Å². The molecule has 1 fully saturated rings. The molecule has 9 nitrogen and oxygen atoms in total. The fourth-order valence-electron chi connectivity index (χ4n) is 5.04. The van der Waals surface area contributed by atoms with Crippen LogP contribution < -0.4 is 11.1 Å². The third kappa shape index (κ3) is 3.24. The number of nitrogens with one attached hydrogen (secondary N) is 1. The van der Waals surface area contributed by atoms with Crippen LogP contribution in [0.25, 0.3) is 11.1 Å². The maximum Gasteiger partial charge on any atom is 0.258 e. The Morgan fingerprint density at radius 1 is 1.36 bits per heavy atom. The number of hydrogen-bond acceptors (Lipinski definition) is 7. The number of aliphatic hydroxyl groups excluding tert-OH is 1. The summed E-state index contributed by atoms with van der Waals surface area (Å²) < 4.78 is 17.2. The molecule has 4 N–H and O–H groups in total. The van der Waals surface area contributed by atoms with Crippen LogP contribution in [0.4, 0.5) is 15.9 Å². The van der Waals surface area contributed by atoms with Crippen molar-refractivity contribution in [2.75, 3.05) is 31.7 Å². The monoisotopic (exact) mass is 471 g/mol. The minimum atomic E-state index is -0.746. The van der Waals surface area contributed by atoms with Crippen molar-refractivity contribution in [3.05, 3.63) is 52.7 Å². The molecule has 1 aliphatic heterocycles. The Hall–Kier alpha value is -3.24. The Morgan fingerprint density at radius 3 is 2.85 bits per heavy atom. The van der Waals surface area contributed by atoms with Gasteiger partial charge in [0.25, 0.3) is 5.91 Å². The minimum Gasteiger partial charge on any atom is -0.398 e. The number of anilines is 2. The third-order valence-electron chi connectivity index (χ3n) is 6.65. The summed E-state index contributed by atoms with van der Waals surface area (Å²) in [6.45, 7) is 0.537. The molecule has 2 aliphatic rings. The highest BCUT2D eigenvalue weighted by Crippen LogP contribution is 2.54. The fourth-order valence-corrected chi connectivity index (χ4v) is 5.49. The maximum atomic E-state index is 15.6. The molecule has 1 amide bonds. The van der Waals surface area contributed by atoms with E-state index < -0.39 is 23.2 Å². The van der Waals surface area contributed by atoms with Crippen LogP contribution in [0.1, 0.15) is 34.8 Å². The summed E-state index contributed by atoms with van der Waals surface area (Å²) >= 11 is 6.90. The first-order valence-corrected chi connectivity index (χ1v) is 10.9. The van der Waals surface area contributed by atoms with Gasteiger partial charge >= 0.3 is 0 Å². The van der Waals surface area contributed by atoms with Gasteiger partial charge in [0, 0.05) is 60.8 Å². The van der Waals surface area contributed by atoms with Gasteiger partial charge in [-0.2, -0.15) is 0 Å². The number of nitrogen functional groups attached to an aromatic ring is 1. The lowest BCUT2D eigenvalue weighted by molar-refractivity contribution is 0.0824. The molecule has 5 rings (SSSR count). The van der Waals surface area contributed by atoms with Crippen LogP contribution in [0.3, 0.4) is 0 Å². The van der Waals surface area contributed by atoms with Gasteiger partial charge in [-0.3, -0.25) is 4.79 Å². The van der Waals surface area contributed by atoms with Gasteiger partial charge in [0.05, 0.1) is 28.9 Å². The van der Waals surface area contributed by atoms with Crippen molar-refractivity contribution in [3.8, 4) is 11.1 Å². The van der Waals surface area contributed by atoms with Crippen LogP contribution in [0.15, 0.2) is 30.7 Å². The van der Waals surface area contributed by atoms with Gasteiger partial charge in [-0.25, -0.2) is 14.1 Å². The van der Waals surface area contributed by atoms with Gasteiger partial charge < -0.3 is 21.1 Å². The number of carbonyl (C=O) groups excluding carboxylic acids is 1. The molecule has 1 aromatic carbocycles. The molecule has 1 spiro atoms. The predicted molar refractivity (Wildman–Crippen MR) is 122 cm³/mol. The van der Waals surface area contributed by atoms with Crippen LogP contribution >= 0.6 is 11.6 Å². The van der Waals surface area contributed by atoms with Gasteiger partial charge in [-0.15, -0.1) is 5.10 Å². The Balaban J connectivity index is 1.61. The van der Waals surface area contributed by atoms with Crippen LogP contribution in [-0.4, -0.2) is 62.6 Å². The second-order valence-electron chi connectivity index (χ2n) is 8.86. The molecule has 3 aromatic rings. The van der Waals surface area contributed by atoms with Gasteiger partial charge in [0.2, 0.25) is 0 Å². The lowest BCUT2D eigenvalue weighted by atomic mass is 9.80. The molecule has 1 saturated carbocycles. The van der Waals surface area contributed by atoms with E-state index in [1.54, 1.807) is 17.1 Å². The van der Waals surface area contributed by atoms with Gasteiger partial charge in [-0.1, -0.05) is 16.8 Å². The van der Waals surface area contributed by atoms with Gasteiger partial charge in [0.15, 0.2) is 0 Å². The van der Waals surface area contributed by atoms with E-state index >= 15 is 4.39 Å². The van der Waals surface area contributed by atoms with E-state index in [0.29, 0.717) is 35.8 Å². The number of halogens is 2. The second-order valence-corrected chi connectivity index (χ2v) is 9.24. The van der Waals surface area contributed by atoms with E-state index in [2.05, 4.69) is 20.6 Å². The molecule has 0 radical (unpaired) electrons. The minimum absolute atomic E-state index is 0.0490. The van der Waals surface area contributed by atoms with E-state index in [1.807, 2.05) is 0 Å². The summed E-state index contributed by atoms with van der Waals surface area (Å²) in [5, 5.41) is 22.3. The van der Waals surface area contributed by atoms with Crippen LogP contribution in [0.2, 0.25) is 5.02 Å². The molecule has 172 valence electrons.